The van der Waals surface area contributed by atoms with Crippen LogP contribution in [-0.2, 0) is 27.8 Å². The Morgan fingerprint density at radius 2 is 1.93 bits per heavy atom. The highest BCUT2D eigenvalue weighted by Crippen LogP contribution is 2.24. The van der Waals surface area contributed by atoms with Gasteiger partial charge in [-0.2, -0.15) is 0 Å². The van der Waals surface area contributed by atoms with E-state index in [2.05, 4.69) is 10.3 Å². The number of rotatable bonds is 7. The van der Waals surface area contributed by atoms with Crippen LogP contribution in [0.15, 0.2) is 47.4 Å². The van der Waals surface area contributed by atoms with Crippen molar-refractivity contribution in [3.63, 3.8) is 0 Å². The van der Waals surface area contributed by atoms with Gasteiger partial charge in [0.25, 0.3) is 0 Å². The number of phenols is 1. The lowest BCUT2D eigenvalue weighted by Gasteiger charge is -2.11. The third-order valence-corrected chi connectivity index (χ3v) is 6.46. The van der Waals surface area contributed by atoms with Gasteiger partial charge in [-0.25, -0.2) is 17.7 Å². The lowest BCUT2D eigenvalue weighted by molar-refractivity contribution is -0.116. The predicted octanol–water partition coefficient (Wildman–Crippen LogP) is 2.58. The second-order valence-electron chi connectivity index (χ2n) is 6.78. The number of hydrogen-bond donors (Lipinski definition) is 2. The fourth-order valence-electron chi connectivity index (χ4n) is 3.09. The Labute approximate surface area is 169 Å². The highest BCUT2D eigenvalue weighted by atomic mass is 32.2. The van der Waals surface area contributed by atoms with Crippen LogP contribution in [0.5, 0.6) is 5.75 Å². The van der Waals surface area contributed by atoms with Gasteiger partial charge in [0.05, 0.1) is 21.6 Å². The molecule has 1 heterocycles. The number of amides is 1. The maximum atomic E-state index is 12.4. The molecule has 3 aromatic rings. The van der Waals surface area contributed by atoms with Crippen LogP contribution in [0.4, 0.5) is 5.69 Å². The summed E-state index contributed by atoms with van der Waals surface area (Å²) in [6.07, 6.45) is 0.568. The van der Waals surface area contributed by atoms with Crippen molar-refractivity contribution in [3.8, 4) is 5.75 Å². The predicted molar refractivity (Wildman–Crippen MR) is 111 cm³/mol. The van der Waals surface area contributed by atoms with Gasteiger partial charge < -0.3 is 15.0 Å². The summed E-state index contributed by atoms with van der Waals surface area (Å²) >= 11 is 0. The van der Waals surface area contributed by atoms with E-state index in [1.807, 2.05) is 11.5 Å². The molecule has 0 aliphatic carbocycles. The molecule has 2 aromatic carbocycles. The van der Waals surface area contributed by atoms with Gasteiger partial charge >= 0.3 is 0 Å². The van der Waals surface area contributed by atoms with Crippen molar-refractivity contribution >= 4 is 32.7 Å². The molecule has 0 saturated heterocycles. The molecule has 0 fully saturated rings. The number of anilines is 1. The number of para-hydroxylation sites is 2. The molecule has 2 N–H and O–H groups in total. The first-order chi connectivity index (χ1) is 13.7. The molecule has 0 spiro atoms. The summed E-state index contributed by atoms with van der Waals surface area (Å²) in [5.41, 5.74) is 1.76. The van der Waals surface area contributed by atoms with E-state index >= 15 is 0 Å². The van der Waals surface area contributed by atoms with E-state index in [0.29, 0.717) is 30.0 Å². The van der Waals surface area contributed by atoms with Crippen LogP contribution in [0.1, 0.15) is 19.2 Å². The molecule has 0 saturated carbocycles. The Morgan fingerprint density at radius 1 is 1.21 bits per heavy atom. The van der Waals surface area contributed by atoms with Gasteiger partial charge in [0.2, 0.25) is 15.9 Å². The molecule has 3 rings (SSSR count). The van der Waals surface area contributed by atoms with Crippen molar-refractivity contribution in [1.82, 2.24) is 13.9 Å². The normalized spacial score (nSPS) is 11.9. The molecule has 0 atom stereocenters. The second-order valence-corrected chi connectivity index (χ2v) is 8.93. The first-order valence-corrected chi connectivity index (χ1v) is 10.7. The zero-order valence-corrected chi connectivity index (χ0v) is 17.4. The maximum Gasteiger partial charge on any atom is 0.242 e. The van der Waals surface area contributed by atoms with Gasteiger partial charge in [0.1, 0.15) is 11.6 Å². The van der Waals surface area contributed by atoms with Crippen molar-refractivity contribution < 1.29 is 18.3 Å². The SMILES string of the molecule is CCn1c(CCC(=O)Nc2ccccc2O)nc2cc(S(=O)(=O)N(C)C)ccc21. The number of carbonyl (C=O) groups excluding carboxylic acids is 1. The molecule has 0 radical (unpaired) electrons. The van der Waals surface area contributed by atoms with Crippen molar-refractivity contribution in [2.75, 3.05) is 19.4 Å². The van der Waals surface area contributed by atoms with Crippen LogP contribution in [0, 0.1) is 0 Å². The molecule has 154 valence electrons. The minimum absolute atomic E-state index is 0.0104. The van der Waals surface area contributed by atoms with Gasteiger partial charge in [-0.05, 0) is 37.3 Å². The zero-order chi connectivity index (χ0) is 21.2. The minimum atomic E-state index is -3.55. The molecule has 1 aromatic heterocycles. The summed E-state index contributed by atoms with van der Waals surface area (Å²) in [7, 11) is -0.577. The summed E-state index contributed by atoms with van der Waals surface area (Å²) in [6, 6.07) is 11.4. The Bertz CT molecular complexity index is 1150. The first kappa shape index (κ1) is 20.8. The van der Waals surface area contributed by atoms with Crippen LogP contribution in [0.2, 0.25) is 0 Å². The third-order valence-electron chi connectivity index (χ3n) is 4.65. The summed E-state index contributed by atoms with van der Waals surface area (Å²) < 4.78 is 27.9. The molecule has 0 bridgehead atoms. The Hall–Kier alpha value is -2.91. The summed E-state index contributed by atoms with van der Waals surface area (Å²) in [6.45, 7) is 2.61. The molecule has 8 nitrogen and oxygen atoms in total. The van der Waals surface area contributed by atoms with Crippen LogP contribution < -0.4 is 5.32 Å². The number of carbonyl (C=O) groups is 1. The molecule has 9 heteroatoms. The monoisotopic (exact) mass is 416 g/mol. The van der Waals surface area contributed by atoms with Gasteiger partial charge in [0.15, 0.2) is 0 Å². The van der Waals surface area contributed by atoms with Crippen molar-refractivity contribution in [1.29, 1.82) is 0 Å². The van der Waals surface area contributed by atoms with E-state index in [1.54, 1.807) is 36.4 Å². The summed E-state index contributed by atoms with van der Waals surface area (Å²) in [5, 5.41) is 12.5. The number of sulfonamides is 1. The van der Waals surface area contributed by atoms with E-state index in [1.165, 1.54) is 20.2 Å². The fraction of sp³-hybridized carbons (Fsp3) is 0.300. The number of imidazole rings is 1. The van der Waals surface area contributed by atoms with Gasteiger partial charge in [-0.1, -0.05) is 12.1 Å². The molecule has 0 aliphatic rings. The van der Waals surface area contributed by atoms with E-state index in [4.69, 9.17) is 0 Å². The lowest BCUT2D eigenvalue weighted by Crippen LogP contribution is -2.22. The number of nitrogens with one attached hydrogen (secondary N) is 1. The van der Waals surface area contributed by atoms with Gasteiger partial charge in [0, 0.05) is 33.5 Å². The van der Waals surface area contributed by atoms with Crippen LogP contribution in [0.3, 0.4) is 0 Å². The standard InChI is InChI=1S/C20H24N4O4S/c1-4-24-17-10-9-14(29(27,28)23(2)3)13-16(17)21-19(24)11-12-20(26)22-15-7-5-6-8-18(15)25/h5-10,13,25H,4,11-12H2,1-3H3,(H,22,26). The molecular formula is C20H24N4O4S. The minimum Gasteiger partial charge on any atom is -0.506 e. The largest absolute Gasteiger partial charge is 0.506 e. The van der Waals surface area contributed by atoms with Crippen LogP contribution >= 0.6 is 0 Å². The molecule has 1 amide bonds. The van der Waals surface area contributed by atoms with E-state index in [-0.39, 0.29) is 23.0 Å². The number of hydrogen-bond acceptors (Lipinski definition) is 5. The Morgan fingerprint density at radius 3 is 2.59 bits per heavy atom. The number of aromatic nitrogens is 2. The Balaban J connectivity index is 1.82. The summed E-state index contributed by atoms with van der Waals surface area (Å²) in [4.78, 5) is 17.0. The lowest BCUT2D eigenvalue weighted by atomic mass is 10.2. The van der Waals surface area contributed by atoms with E-state index < -0.39 is 10.0 Å². The molecule has 0 unspecified atom stereocenters. The maximum absolute atomic E-state index is 12.4. The van der Waals surface area contributed by atoms with Gasteiger partial charge in [-0.3, -0.25) is 4.79 Å². The first-order valence-electron chi connectivity index (χ1n) is 9.23. The zero-order valence-electron chi connectivity index (χ0n) is 16.6. The average Bonchev–Trinajstić information content (AvgIpc) is 3.04. The average molecular weight is 417 g/mol. The van der Waals surface area contributed by atoms with E-state index in [9.17, 15) is 18.3 Å². The molecular weight excluding hydrogens is 392 g/mol. The second kappa shape index (κ2) is 8.22. The van der Waals surface area contributed by atoms with Crippen LogP contribution in [-0.4, -0.2) is 47.4 Å². The molecule has 29 heavy (non-hydrogen) atoms. The van der Waals surface area contributed by atoms with Crippen molar-refractivity contribution in [3.05, 3.63) is 48.3 Å². The number of nitrogens with zero attached hydrogens (tertiary/aromatic N) is 3. The smallest absolute Gasteiger partial charge is 0.242 e. The fourth-order valence-corrected chi connectivity index (χ4v) is 4.01. The highest BCUT2D eigenvalue weighted by molar-refractivity contribution is 7.89. The topological polar surface area (TPSA) is 105 Å². The van der Waals surface area contributed by atoms with Crippen molar-refractivity contribution in [2.45, 2.75) is 31.2 Å². The van der Waals surface area contributed by atoms with Crippen molar-refractivity contribution in [2.24, 2.45) is 0 Å². The number of phenolic OH excluding ortho intramolecular Hbond substituents is 1. The van der Waals surface area contributed by atoms with E-state index in [0.717, 1.165) is 9.82 Å². The summed E-state index contributed by atoms with van der Waals surface area (Å²) in [5.74, 6) is 0.475. The van der Waals surface area contributed by atoms with Gasteiger partial charge in [-0.15, -0.1) is 0 Å². The molecule has 0 aliphatic heterocycles. The quantitative estimate of drug-likeness (QED) is 0.576. The third kappa shape index (κ3) is 4.25. The number of aromatic hydroxyl groups is 1. The Kier molecular flexibility index (Phi) is 5.90. The number of fused-ring (bicyclic) bond motifs is 1. The number of benzene rings is 2. The number of aryl methyl sites for hydroxylation is 2. The highest BCUT2D eigenvalue weighted by Gasteiger charge is 2.19. The van der Waals surface area contributed by atoms with Crippen LogP contribution in [0.25, 0.3) is 11.0 Å².